The van der Waals surface area contributed by atoms with Gasteiger partial charge in [-0.05, 0) is 65.2 Å². The molecule has 3 aromatic rings. The van der Waals surface area contributed by atoms with Crippen molar-refractivity contribution >= 4 is 53.9 Å². The molecule has 3 aromatic carbocycles. The van der Waals surface area contributed by atoms with Crippen LogP contribution in [0.5, 0.6) is 0 Å². The Labute approximate surface area is 404 Å². The van der Waals surface area contributed by atoms with Crippen LogP contribution in [-0.2, 0) is 23.9 Å². The van der Waals surface area contributed by atoms with E-state index in [-0.39, 0.29) is 65.4 Å². The Balaban J connectivity index is 0. The zero-order valence-corrected chi connectivity index (χ0v) is 43.1. The van der Waals surface area contributed by atoms with Crippen LogP contribution in [-0.4, -0.2) is 96.1 Å². The molecule has 0 aliphatic carbocycles. The molecule has 0 aliphatic rings. The standard InChI is InChI=1S/C16H23NO3.C12H24N2O4.C12H13NO2.C11H15NO.ClH/c1-11(2)13(17-15(19)20-16(3,4)5)14(18)12-9-7-6-8-10-12;1-8(2)9(10(15)14(6)17-7)13-11(16)18-12(3,4)5;1-9(2)11(13-8-14)12(15)10-6-4-3-5-7-10;1-8(2)10(12)11(13)9-6-4-3-5-7-9;/h6-11,13H,1-5H3,(H,17,19);8-9H,1-7H3,(H,13,16);3-7,9,11H,1-2H3;3-8,10H,12H2,1-2H3;1H/t13-;9-;11-;10-;/m0000./s1. The van der Waals surface area contributed by atoms with E-state index in [9.17, 15) is 33.6 Å². The smallest absolute Gasteiger partial charge is 0.408 e. The lowest BCUT2D eigenvalue weighted by Gasteiger charge is -2.27. The number of carbonyl (C=O) groups excluding carboxylic acids is 7. The van der Waals surface area contributed by atoms with Crippen LogP contribution >= 0.6 is 12.4 Å². The first-order valence-corrected chi connectivity index (χ1v) is 22.0. The number of benzene rings is 3. The van der Waals surface area contributed by atoms with E-state index in [0.717, 1.165) is 5.06 Å². The third-order valence-electron chi connectivity index (χ3n) is 9.10. The fourth-order valence-corrected chi connectivity index (χ4v) is 5.42. The molecule has 0 spiro atoms. The minimum absolute atomic E-state index is 0. The summed E-state index contributed by atoms with van der Waals surface area (Å²) in [4.78, 5) is 90.0. The summed E-state index contributed by atoms with van der Waals surface area (Å²) in [6, 6.07) is 24.7. The van der Waals surface area contributed by atoms with Gasteiger partial charge in [0.15, 0.2) is 17.3 Å². The number of amides is 3. The van der Waals surface area contributed by atoms with Gasteiger partial charge in [0.2, 0.25) is 6.08 Å². The molecule has 0 saturated heterocycles. The predicted molar refractivity (Wildman–Crippen MR) is 265 cm³/mol. The highest BCUT2D eigenvalue weighted by atomic mass is 35.5. The van der Waals surface area contributed by atoms with Gasteiger partial charge in [-0.1, -0.05) is 146 Å². The van der Waals surface area contributed by atoms with Gasteiger partial charge in [-0.25, -0.2) is 19.4 Å². The van der Waals surface area contributed by atoms with E-state index in [1.54, 1.807) is 102 Å². The highest BCUT2D eigenvalue weighted by molar-refractivity contribution is 6.02. The maximum Gasteiger partial charge on any atom is 0.408 e. The second-order valence-corrected chi connectivity index (χ2v) is 18.6. The van der Waals surface area contributed by atoms with Gasteiger partial charge in [-0.3, -0.25) is 24.0 Å². The summed E-state index contributed by atoms with van der Waals surface area (Å²) in [7, 11) is 2.89. The number of isocyanates is 1. The van der Waals surface area contributed by atoms with Crippen molar-refractivity contribution in [2.45, 2.75) is 132 Å². The van der Waals surface area contributed by atoms with Crippen LogP contribution in [0.15, 0.2) is 96.0 Å². The molecule has 0 aliphatic heterocycles. The molecule has 3 amide bonds. The minimum Gasteiger partial charge on any atom is -0.444 e. The van der Waals surface area contributed by atoms with Crippen molar-refractivity contribution in [2.75, 3.05) is 14.2 Å². The number of ketones is 3. The Hall–Kier alpha value is -5.73. The number of alkyl carbamates (subject to hydrolysis) is 2. The monoisotopic (exact) mass is 954 g/mol. The molecule has 4 atom stereocenters. The number of hydrogen-bond acceptors (Lipinski definition) is 12. The Kier molecular flexibility index (Phi) is 29.6. The molecule has 0 saturated carbocycles. The summed E-state index contributed by atoms with van der Waals surface area (Å²) >= 11 is 0. The Bertz CT molecular complexity index is 1990. The fraction of sp³-hybridized carbons (Fsp3) is 0.510. The lowest BCUT2D eigenvalue weighted by Crippen LogP contribution is -2.51. The summed E-state index contributed by atoms with van der Waals surface area (Å²) in [6.07, 6.45) is 0.273. The van der Waals surface area contributed by atoms with E-state index in [2.05, 4.69) is 15.6 Å². The Morgan fingerprint density at radius 3 is 1.21 bits per heavy atom. The SMILES string of the molecule is CC(C)[C@H](N)C(=O)c1ccccc1.CC(C)[C@H](N=C=O)C(=O)c1ccccc1.CC(C)[C@H](NC(=O)OC(C)(C)C)C(=O)c1ccccc1.CON(C)C(=O)[C@@H](NC(=O)OC(C)(C)C)C(C)C.Cl. The van der Waals surface area contributed by atoms with Crippen molar-refractivity contribution < 1.29 is 47.9 Å². The molecular formula is C51H76ClN5O10. The molecule has 16 heteroatoms. The Morgan fingerprint density at radius 1 is 0.567 bits per heavy atom. The first-order valence-electron chi connectivity index (χ1n) is 22.0. The van der Waals surface area contributed by atoms with E-state index in [1.807, 2.05) is 85.7 Å². The van der Waals surface area contributed by atoms with Crippen molar-refractivity contribution in [2.24, 2.45) is 34.4 Å². The zero-order valence-electron chi connectivity index (χ0n) is 42.2. The number of nitrogens with two attached hydrogens (primary N) is 1. The molecule has 0 unspecified atom stereocenters. The molecule has 0 radical (unpaired) electrons. The maximum atomic E-state index is 12.4. The summed E-state index contributed by atoms with van der Waals surface area (Å²) in [5, 5.41) is 6.30. The number of nitrogens with zero attached hydrogens (tertiary/aromatic N) is 2. The van der Waals surface area contributed by atoms with Gasteiger partial charge >= 0.3 is 12.2 Å². The van der Waals surface area contributed by atoms with Gasteiger partial charge in [-0.15, -0.1) is 12.4 Å². The van der Waals surface area contributed by atoms with E-state index < -0.39 is 41.5 Å². The molecule has 372 valence electrons. The highest BCUT2D eigenvalue weighted by Crippen LogP contribution is 2.15. The van der Waals surface area contributed by atoms with E-state index in [4.69, 9.17) is 20.0 Å². The summed E-state index contributed by atoms with van der Waals surface area (Å²) < 4.78 is 10.3. The van der Waals surface area contributed by atoms with Crippen LogP contribution in [0.1, 0.15) is 128 Å². The van der Waals surface area contributed by atoms with Gasteiger partial charge in [0.25, 0.3) is 5.91 Å². The predicted octanol–water partition coefficient (Wildman–Crippen LogP) is 9.48. The van der Waals surface area contributed by atoms with E-state index >= 15 is 0 Å². The quantitative estimate of drug-likeness (QED) is 0.0565. The molecule has 0 fully saturated rings. The number of hydroxylamine groups is 2. The minimum atomic E-state index is -0.676. The largest absolute Gasteiger partial charge is 0.444 e. The summed E-state index contributed by atoms with van der Waals surface area (Å²) in [6.45, 7) is 25.7. The number of carbonyl (C=O) groups is 6. The van der Waals surface area contributed by atoms with Crippen molar-refractivity contribution in [3.8, 4) is 0 Å². The molecule has 0 aromatic heterocycles. The lowest BCUT2D eigenvalue weighted by molar-refractivity contribution is -0.172. The molecule has 4 N–H and O–H groups in total. The first-order chi connectivity index (χ1) is 30.6. The van der Waals surface area contributed by atoms with Gasteiger partial charge in [0.05, 0.1) is 19.2 Å². The second-order valence-electron chi connectivity index (χ2n) is 18.6. The number of Topliss-reactive ketones (excluding diaryl/α,β-unsaturated/α-hetero) is 3. The molecule has 0 heterocycles. The van der Waals surface area contributed by atoms with Crippen LogP contribution in [0.4, 0.5) is 9.59 Å². The summed E-state index contributed by atoms with van der Waals surface area (Å²) in [5.74, 6) is -0.431. The molecule has 0 bridgehead atoms. The van der Waals surface area contributed by atoms with Gasteiger partial charge in [-0.2, -0.15) is 4.99 Å². The number of ether oxygens (including phenoxy) is 2. The highest BCUT2D eigenvalue weighted by Gasteiger charge is 2.30. The third-order valence-corrected chi connectivity index (χ3v) is 9.10. The third kappa shape index (κ3) is 25.7. The van der Waals surface area contributed by atoms with Crippen LogP contribution in [0.25, 0.3) is 0 Å². The van der Waals surface area contributed by atoms with Crippen LogP contribution in [0.2, 0.25) is 0 Å². The molecule has 67 heavy (non-hydrogen) atoms. The topological polar surface area (TPSA) is 213 Å². The van der Waals surface area contributed by atoms with Crippen molar-refractivity contribution in [3.63, 3.8) is 0 Å². The number of aliphatic imine (C=N–C) groups is 1. The van der Waals surface area contributed by atoms with Gasteiger partial charge < -0.3 is 25.8 Å². The Morgan fingerprint density at radius 2 is 0.910 bits per heavy atom. The average molecular weight is 955 g/mol. The second kappa shape index (κ2) is 31.3. The van der Waals surface area contributed by atoms with Gasteiger partial charge in [0.1, 0.15) is 23.3 Å². The van der Waals surface area contributed by atoms with E-state index in [1.165, 1.54) is 20.2 Å². The van der Waals surface area contributed by atoms with Crippen LogP contribution in [0.3, 0.4) is 0 Å². The van der Waals surface area contributed by atoms with Crippen LogP contribution < -0.4 is 16.4 Å². The van der Waals surface area contributed by atoms with Crippen molar-refractivity contribution in [1.82, 2.24) is 15.7 Å². The van der Waals surface area contributed by atoms with Gasteiger partial charge in [0, 0.05) is 23.7 Å². The van der Waals surface area contributed by atoms with Crippen molar-refractivity contribution in [3.05, 3.63) is 108 Å². The number of halogens is 1. The maximum absolute atomic E-state index is 12.4. The molecule has 3 rings (SSSR count). The fourth-order valence-electron chi connectivity index (χ4n) is 5.42. The number of likely N-dealkylation sites (N-methyl/N-ethyl adjacent to an activating group) is 1. The average Bonchev–Trinajstić information content (AvgIpc) is 3.25. The zero-order chi connectivity index (χ0) is 50.9. The van der Waals surface area contributed by atoms with Crippen LogP contribution in [0, 0.1) is 23.7 Å². The lowest BCUT2D eigenvalue weighted by atomic mass is 9.95. The number of rotatable bonds is 15. The van der Waals surface area contributed by atoms with E-state index in [0.29, 0.717) is 16.7 Å². The molecule has 15 nitrogen and oxygen atoms in total. The van der Waals surface area contributed by atoms with Crippen molar-refractivity contribution in [1.29, 1.82) is 0 Å². The number of hydrogen-bond donors (Lipinski definition) is 3. The number of nitrogens with one attached hydrogen (secondary N) is 2. The normalized spacial score (nSPS) is 12.6. The molecular weight excluding hydrogens is 878 g/mol. The first kappa shape index (κ1) is 63.4. The summed E-state index contributed by atoms with van der Waals surface area (Å²) in [5.41, 5.74) is 6.43.